The first kappa shape index (κ1) is 12.6. The molecule has 0 aliphatic carbocycles. The second-order valence-electron chi connectivity index (χ2n) is 5.66. The molecule has 1 aliphatic rings. The summed E-state index contributed by atoms with van der Waals surface area (Å²) in [6, 6.07) is 15.4. The summed E-state index contributed by atoms with van der Waals surface area (Å²) in [4.78, 5) is 2.55. The number of nitrogens with two attached hydrogens (primary N) is 1. The largest absolute Gasteiger partial charge is 0.330 e. The summed E-state index contributed by atoms with van der Waals surface area (Å²) in [5.41, 5.74) is 7.22. The number of hydrogen-bond donors (Lipinski definition) is 1. The van der Waals surface area contributed by atoms with Gasteiger partial charge in [0.05, 0.1) is 0 Å². The van der Waals surface area contributed by atoms with Crippen LogP contribution in [0.1, 0.15) is 18.4 Å². The van der Waals surface area contributed by atoms with Crippen molar-refractivity contribution < 1.29 is 0 Å². The number of hydrogen-bond acceptors (Lipinski definition) is 2. The molecule has 1 unspecified atom stereocenters. The van der Waals surface area contributed by atoms with Crippen molar-refractivity contribution in [3.05, 3.63) is 48.0 Å². The standard InChI is InChI=1S/C17H22N2/c18-11-15-4-3-9-19(13-15)12-14-7-8-16-5-1-2-6-17(16)10-14/h1-2,5-8,10,15H,3-4,9,11-13,18H2. The second-order valence-corrected chi connectivity index (χ2v) is 5.66. The first-order valence-corrected chi connectivity index (χ1v) is 7.25. The summed E-state index contributed by atoms with van der Waals surface area (Å²) in [5.74, 6) is 0.689. The third-order valence-corrected chi connectivity index (χ3v) is 4.16. The average molecular weight is 254 g/mol. The van der Waals surface area contributed by atoms with Crippen molar-refractivity contribution >= 4 is 10.8 Å². The van der Waals surface area contributed by atoms with Gasteiger partial charge in [-0.05, 0) is 54.3 Å². The summed E-state index contributed by atoms with van der Waals surface area (Å²) in [7, 11) is 0. The predicted molar refractivity (Wildman–Crippen MR) is 81.0 cm³/mol. The SMILES string of the molecule is NCC1CCCN(Cc2ccc3ccccc3c2)C1. The predicted octanol–water partition coefficient (Wildman–Crippen LogP) is 3.01. The Morgan fingerprint density at radius 2 is 1.95 bits per heavy atom. The van der Waals surface area contributed by atoms with E-state index in [0.717, 1.165) is 19.6 Å². The van der Waals surface area contributed by atoms with E-state index in [1.165, 1.54) is 35.7 Å². The molecule has 2 heteroatoms. The van der Waals surface area contributed by atoms with Gasteiger partial charge in [-0.2, -0.15) is 0 Å². The van der Waals surface area contributed by atoms with Gasteiger partial charge in [-0.3, -0.25) is 4.90 Å². The summed E-state index contributed by atoms with van der Waals surface area (Å²) >= 11 is 0. The summed E-state index contributed by atoms with van der Waals surface area (Å²) in [5, 5.41) is 2.66. The maximum Gasteiger partial charge on any atom is 0.0234 e. The van der Waals surface area contributed by atoms with Gasteiger partial charge in [0.15, 0.2) is 0 Å². The molecular formula is C17H22N2. The van der Waals surface area contributed by atoms with Crippen LogP contribution in [0.4, 0.5) is 0 Å². The molecular weight excluding hydrogens is 232 g/mol. The van der Waals surface area contributed by atoms with Gasteiger partial charge in [0.1, 0.15) is 0 Å². The van der Waals surface area contributed by atoms with E-state index < -0.39 is 0 Å². The molecule has 1 heterocycles. The van der Waals surface area contributed by atoms with Crippen molar-refractivity contribution in [2.45, 2.75) is 19.4 Å². The molecule has 2 aromatic carbocycles. The van der Waals surface area contributed by atoms with Gasteiger partial charge in [0, 0.05) is 13.1 Å². The minimum atomic E-state index is 0.689. The van der Waals surface area contributed by atoms with Crippen molar-refractivity contribution in [1.29, 1.82) is 0 Å². The number of nitrogens with zero attached hydrogens (tertiary/aromatic N) is 1. The summed E-state index contributed by atoms with van der Waals surface area (Å²) in [6.07, 6.45) is 2.58. The fourth-order valence-electron chi connectivity index (χ4n) is 3.08. The molecule has 3 rings (SSSR count). The number of likely N-dealkylation sites (tertiary alicyclic amines) is 1. The highest BCUT2D eigenvalue weighted by Crippen LogP contribution is 2.20. The number of benzene rings is 2. The van der Waals surface area contributed by atoms with Crippen molar-refractivity contribution in [3.63, 3.8) is 0 Å². The van der Waals surface area contributed by atoms with Crippen molar-refractivity contribution in [3.8, 4) is 0 Å². The Morgan fingerprint density at radius 3 is 2.79 bits per heavy atom. The van der Waals surface area contributed by atoms with Gasteiger partial charge >= 0.3 is 0 Å². The zero-order chi connectivity index (χ0) is 13.1. The molecule has 0 radical (unpaired) electrons. The highest BCUT2D eigenvalue weighted by Gasteiger charge is 2.18. The Bertz CT molecular complexity index is 550. The molecule has 100 valence electrons. The second kappa shape index (κ2) is 5.72. The van der Waals surface area contributed by atoms with Crippen LogP contribution < -0.4 is 5.73 Å². The normalized spacial score (nSPS) is 20.8. The first-order valence-electron chi connectivity index (χ1n) is 7.25. The third-order valence-electron chi connectivity index (χ3n) is 4.16. The Morgan fingerprint density at radius 1 is 1.11 bits per heavy atom. The Hall–Kier alpha value is -1.38. The van der Waals surface area contributed by atoms with E-state index >= 15 is 0 Å². The molecule has 1 saturated heterocycles. The van der Waals surface area contributed by atoms with Gasteiger partial charge in [-0.25, -0.2) is 0 Å². The van der Waals surface area contributed by atoms with Gasteiger partial charge in [-0.1, -0.05) is 36.4 Å². The van der Waals surface area contributed by atoms with Crippen molar-refractivity contribution in [2.24, 2.45) is 11.7 Å². The lowest BCUT2D eigenvalue weighted by Crippen LogP contribution is -2.37. The lowest BCUT2D eigenvalue weighted by molar-refractivity contribution is 0.171. The molecule has 0 aromatic heterocycles. The number of fused-ring (bicyclic) bond motifs is 1. The van der Waals surface area contributed by atoms with Crippen LogP contribution in [-0.4, -0.2) is 24.5 Å². The third kappa shape index (κ3) is 2.96. The molecule has 2 nitrogen and oxygen atoms in total. The van der Waals surface area contributed by atoms with Crippen molar-refractivity contribution in [2.75, 3.05) is 19.6 Å². The Kier molecular flexibility index (Phi) is 3.81. The molecule has 1 aliphatic heterocycles. The van der Waals surface area contributed by atoms with Crippen LogP contribution >= 0.6 is 0 Å². The quantitative estimate of drug-likeness (QED) is 0.912. The first-order chi connectivity index (χ1) is 9.35. The van der Waals surface area contributed by atoms with Crippen LogP contribution in [0.15, 0.2) is 42.5 Å². The maximum atomic E-state index is 5.81. The van der Waals surface area contributed by atoms with E-state index in [2.05, 4.69) is 47.4 Å². The molecule has 2 aromatic rings. The molecule has 19 heavy (non-hydrogen) atoms. The number of rotatable bonds is 3. The van der Waals surface area contributed by atoms with Crippen LogP contribution in [0.5, 0.6) is 0 Å². The minimum Gasteiger partial charge on any atom is -0.330 e. The van der Waals surface area contributed by atoms with Crippen LogP contribution in [0.25, 0.3) is 10.8 Å². The smallest absolute Gasteiger partial charge is 0.0234 e. The van der Waals surface area contributed by atoms with Crippen LogP contribution in [0.2, 0.25) is 0 Å². The van der Waals surface area contributed by atoms with Crippen LogP contribution in [0, 0.1) is 5.92 Å². The maximum absolute atomic E-state index is 5.81. The van der Waals surface area contributed by atoms with Crippen LogP contribution in [0.3, 0.4) is 0 Å². The van der Waals surface area contributed by atoms with E-state index in [0.29, 0.717) is 5.92 Å². The monoisotopic (exact) mass is 254 g/mol. The van der Waals surface area contributed by atoms with E-state index in [-0.39, 0.29) is 0 Å². The molecule has 2 N–H and O–H groups in total. The lowest BCUT2D eigenvalue weighted by Gasteiger charge is -2.32. The Labute approximate surface area is 115 Å². The summed E-state index contributed by atoms with van der Waals surface area (Å²) in [6.45, 7) is 4.25. The number of piperidine rings is 1. The topological polar surface area (TPSA) is 29.3 Å². The highest BCUT2D eigenvalue weighted by molar-refractivity contribution is 5.82. The van der Waals surface area contributed by atoms with Crippen LogP contribution in [-0.2, 0) is 6.54 Å². The van der Waals surface area contributed by atoms with Gasteiger partial charge in [0.25, 0.3) is 0 Å². The lowest BCUT2D eigenvalue weighted by atomic mass is 9.97. The Balaban J connectivity index is 1.74. The van der Waals surface area contributed by atoms with Gasteiger partial charge < -0.3 is 5.73 Å². The fourth-order valence-corrected chi connectivity index (χ4v) is 3.08. The van der Waals surface area contributed by atoms with E-state index in [1.807, 2.05) is 0 Å². The molecule has 0 bridgehead atoms. The highest BCUT2D eigenvalue weighted by atomic mass is 15.1. The molecule has 0 spiro atoms. The van der Waals surface area contributed by atoms with E-state index in [9.17, 15) is 0 Å². The average Bonchev–Trinajstić information content (AvgIpc) is 2.47. The van der Waals surface area contributed by atoms with Crippen molar-refractivity contribution in [1.82, 2.24) is 4.90 Å². The van der Waals surface area contributed by atoms with E-state index in [4.69, 9.17) is 5.73 Å². The van der Waals surface area contributed by atoms with Gasteiger partial charge in [-0.15, -0.1) is 0 Å². The van der Waals surface area contributed by atoms with Gasteiger partial charge in [0.2, 0.25) is 0 Å². The molecule has 1 fully saturated rings. The molecule has 0 amide bonds. The fraction of sp³-hybridized carbons (Fsp3) is 0.412. The summed E-state index contributed by atoms with van der Waals surface area (Å²) < 4.78 is 0. The molecule has 0 saturated carbocycles. The minimum absolute atomic E-state index is 0.689. The van der Waals surface area contributed by atoms with E-state index in [1.54, 1.807) is 0 Å². The zero-order valence-electron chi connectivity index (χ0n) is 11.4. The zero-order valence-corrected chi connectivity index (χ0v) is 11.4. The molecule has 1 atom stereocenters.